The fraction of sp³-hybridized carbons (Fsp3) is 0.438. The molecule has 1 atom stereocenters. The van der Waals surface area contributed by atoms with E-state index in [1.165, 1.54) is 12.3 Å². The van der Waals surface area contributed by atoms with Crippen LogP contribution in [-0.4, -0.2) is 42.3 Å². The molecule has 114 valence electrons. The van der Waals surface area contributed by atoms with Crippen LogP contribution in [0, 0.1) is 5.92 Å². The Labute approximate surface area is 125 Å². The summed E-state index contributed by atoms with van der Waals surface area (Å²) in [7, 11) is 3.86. The van der Waals surface area contributed by atoms with Crippen LogP contribution in [0.2, 0.25) is 0 Å². The van der Waals surface area contributed by atoms with Gasteiger partial charge in [-0.15, -0.1) is 0 Å². The summed E-state index contributed by atoms with van der Waals surface area (Å²) < 4.78 is 4.88. The minimum absolute atomic E-state index is 0.00801. The summed E-state index contributed by atoms with van der Waals surface area (Å²) >= 11 is 0. The quantitative estimate of drug-likeness (QED) is 0.570. The van der Waals surface area contributed by atoms with Crippen molar-refractivity contribution >= 4 is 11.8 Å². The van der Waals surface area contributed by atoms with Gasteiger partial charge >= 0.3 is 5.97 Å². The standard InChI is InChI=1S/C16H22N2O3/c1-5-21-16(20)14-11-13(8-9-17-14)15(19)12(2)7-6-10-18(3)4/h6,8-12H,5,7H2,1-4H3. The first-order valence-electron chi connectivity index (χ1n) is 6.96. The van der Waals surface area contributed by atoms with Gasteiger partial charge in [-0.25, -0.2) is 9.78 Å². The zero-order valence-corrected chi connectivity index (χ0v) is 13.0. The third-order valence-corrected chi connectivity index (χ3v) is 2.87. The van der Waals surface area contributed by atoms with Crippen molar-refractivity contribution < 1.29 is 14.3 Å². The number of carbonyl (C=O) groups excluding carboxylic acids is 2. The van der Waals surface area contributed by atoms with E-state index < -0.39 is 5.97 Å². The molecule has 0 aliphatic rings. The molecule has 0 aliphatic carbocycles. The Kier molecular flexibility index (Phi) is 6.59. The summed E-state index contributed by atoms with van der Waals surface area (Å²) in [5.41, 5.74) is 0.650. The topological polar surface area (TPSA) is 59.5 Å². The van der Waals surface area contributed by atoms with E-state index in [1.807, 2.05) is 38.2 Å². The first kappa shape index (κ1) is 16.9. The smallest absolute Gasteiger partial charge is 0.356 e. The molecule has 0 bridgehead atoms. The molecule has 0 fully saturated rings. The van der Waals surface area contributed by atoms with Crippen LogP contribution in [0.25, 0.3) is 0 Å². The van der Waals surface area contributed by atoms with Gasteiger partial charge in [0, 0.05) is 31.8 Å². The zero-order chi connectivity index (χ0) is 15.8. The highest BCUT2D eigenvalue weighted by atomic mass is 16.5. The van der Waals surface area contributed by atoms with Gasteiger partial charge in [-0.05, 0) is 31.7 Å². The van der Waals surface area contributed by atoms with Gasteiger partial charge in [0.15, 0.2) is 5.78 Å². The summed E-state index contributed by atoms with van der Waals surface area (Å²) in [6.45, 7) is 3.88. The van der Waals surface area contributed by atoms with Crippen molar-refractivity contribution in [1.82, 2.24) is 9.88 Å². The first-order valence-corrected chi connectivity index (χ1v) is 6.96. The molecule has 0 amide bonds. The SMILES string of the molecule is CCOC(=O)c1cc(C(=O)C(C)CC=CN(C)C)ccn1. The van der Waals surface area contributed by atoms with Crippen molar-refractivity contribution in [3.63, 3.8) is 0 Å². The Balaban J connectivity index is 2.78. The fourth-order valence-corrected chi connectivity index (χ4v) is 1.77. The first-order chi connectivity index (χ1) is 9.95. The number of hydrogen-bond donors (Lipinski definition) is 0. The van der Waals surface area contributed by atoms with E-state index in [-0.39, 0.29) is 24.0 Å². The summed E-state index contributed by atoms with van der Waals surface area (Å²) in [6.07, 6.45) is 5.98. The van der Waals surface area contributed by atoms with Gasteiger partial charge < -0.3 is 9.64 Å². The largest absolute Gasteiger partial charge is 0.461 e. The number of esters is 1. The number of allylic oxidation sites excluding steroid dienone is 1. The number of ketones is 1. The highest BCUT2D eigenvalue weighted by molar-refractivity contribution is 5.99. The third-order valence-electron chi connectivity index (χ3n) is 2.87. The molecular formula is C16H22N2O3. The van der Waals surface area contributed by atoms with Crippen molar-refractivity contribution in [1.29, 1.82) is 0 Å². The van der Waals surface area contributed by atoms with Crippen LogP contribution in [0.4, 0.5) is 0 Å². The van der Waals surface area contributed by atoms with E-state index >= 15 is 0 Å². The Morgan fingerprint density at radius 3 is 2.76 bits per heavy atom. The lowest BCUT2D eigenvalue weighted by molar-refractivity contribution is 0.0519. The summed E-state index contributed by atoms with van der Waals surface area (Å²) in [5.74, 6) is -0.669. The molecule has 0 radical (unpaired) electrons. The molecule has 21 heavy (non-hydrogen) atoms. The molecule has 1 aromatic rings. The Hall–Kier alpha value is -2.17. The minimum Gasteiger partial charge on any atom is -0.461 e. The molecule has 5 heteroatoms. The Morgan fingerprint density at radius 2 is 2.14 bits per heavy atom. The predicted molar refractivity (Wildman–Crippen MR) is 81.1 cm³/mol. The molecule has 1 rings (SSSR count). The van der Waals surface area contributed by atoms with Crippen LogP contribution in [0.1, 0.15) is 41.1 Å². The molecule has 1 unspecified atom stereocenters. The van der Waals surface area contributed by atoms with Gasteiger partial charge in [0.2, 0.25) is 0 Å². The monoisotopic (exact) mass is 290 g/mol. The number of hydrogen-bond acceptors (Lipinski definition) is 5. The van der Waals surface area contributed by atoms with E-state index in [1.54, 1.807) is 13.0 Å². The normalized spacial score (nSPS) is 12.2. The van der Waals surface area contributed by atoms with Gasteiger partial charge in [0.05, 0.1) is 6.61 Å². The number of pyridine rings is 1. The van der Waals surface area contributed by atoms with Crippen molar-refractivity contribution in [2.75, 3.05) is 20.7 Å². The minimum atomic E-state index is -0.507. The maximum absolute atomic E-state index is 12.3. The molecule has 5 nitrogen and oxygen atoms in total. The molecule has 0 saturated heterocycles. The second-order valence-electron chi connectivity index (χ2n) is 5.00. The molecule has 0 aromatic carbocycles. The summed E-state index contributed by atoms with van der Waals surface area (Å²) in [6, 6.07) is 3.11. The Bertz CT molecular complexity index is 524. The molecule has 0 N–H and O–H groups in total. The average molecular weight is 290 g/mol. The average Bonchev–Trinajstić information content (AvgIpc) is 2.46. The number of Topliss-reactive ketones (excluding diaryl/α,β-unsaturated/α-hetero) is 1. The van der Waals surface area contributed by atoms with Crippen LogP contribution < -0.4 is 0 Å². The second-order valence-corrected chi connectivity index (χ2v) is 5.00. The van der Waals surface area contributed by atoms with Gasteiger partial charge in [-0.2, -0.15) is 0 Å². The molecular weight excluding hydrogens is 268 g/mol. The lowest BCUT2D eigenvalue weighted by atomic mass is 9.96. The maximum Gasteiger partial charge on any atom is 0.356 e. The van der Waals surface area contributed by atoms with Crippen molar-refractivity contribution in [3.05, 3.63) is 41.9 Å². The van der Waals surface area contributed by atoms with Gasteiger partial charge in [-0.1, -0.05) is 13.0 Å². The van der Waals surface area contributed by atoms with E-state index in [2.05, 4.69) is 4.98 Å². The van der Waals surface area contributed by atoms with Crippen molar-refractivity contribution in [2.45, 2.75) is 20.3 Å². The molecule has 1 aromatic heterocycles. The number of nitrogens with zero attached hydrogens (tertiary/aromatic N) is 2. The zero-order valence-electron chi connectivity index (χ0n) is 13.0. The highest BCUT2D eigenvalue weighted by Gasteiger charge is 2.17. The van der Waals surface area contributed by atoms with Crippen LogP contribution in [-0.2, 0) is 4.74 Å². The molecule has 0 spiro atoms. The van der Waals surface area contributed by atoms with Crippen molar-refractivity contribution in [2.24, 2.45) is 5.92 Å². The second kappa shape index (κ2) is 8.19. The highest BCUT2D eigenvalue weighted by Crippen LogP contribution is 2.14. The number of carbonyl (C=O) groups is 2. The van der Waals surface area contributed by atoms with E-state index in [4.69, 9.17) is 4.74 Å². The number of aromatic nitrogens is 1. The molecule has 0 aliphatic heterocycles. The van der Waals surface area contributed by atoms with Gasteiger partial charge in [0.1, 0.15) is 5.69 Å². The van der Waals surface area contributed by atoms with Gasteiger partial charge in [-0.3, -0.25) is 4.79 Å². The van der Waals surface area contributed by atoms with Gasteiger partial charge in [0.25, 0.3) is 0 Å². The molecule has 1 heterocycles. The van der Waals surface area contributed by atoms with Crippen molar-refractivity contribution in [3.8, 4) is 0 Å². The van der Waals surface area contributed by atoms with E-state index in [0.29, 0.717) is 12.0 Å². The van der Waals surface area contributed by atoms with E-state index in [0.717, 1.165) is 0 Å². The number of rotatable bonds is 7. The van der Waals surface area contributed by atoms with Crippen LogP contribution in [0.15, 0.2) is 30.6 Å². The maximum atomic E-state index is 12.3. The Morgan fingerprint density at radius 1 is 1.43 bits per heavy atom. The third kappa shape index (κ3) is 5.38. The molecule has 0 saturated carbocycles. The fourth-order valence-electron chi connectivity index (χ4n) is 1.77. The van der Waals surface area contributed by atoms with Crippen LogP contribution >= 0.6 is 0 Å². The van der Waals surface area contributed by atoms with Crippen LogP contribution in [0.5, 0.6) is 0 Å². The summed E-state index contributed by atoms with van der Waals surface area (Å²) in [4.78, 5) is 29.8. The lowest BCUT2D eigenvalue weighted by Gasteiger charge is -2.10. The lowest BCUT2D eigenvalue weighted by Crippen LogP contribution is -2.13. The summed E-state index contributed by atoms with van der Waals surface area (Å²) in [5, 5.41) is 0. The van der Waals surface area contributed by atoms with Crippen LogP contribution in [0.3, 0.4) is 0 Å². The number of ether oxygens (including phenoxy) is 1. The predicted octanol–water partition coefficient (Wildman–Crippen LogP) is 2.54. The van der Waals surface area contributed by atoms with E-state index in [9.17, 15) is 9.59 Å².